The molecule has 4 aromatic rings. The van der Waals surface area contributed by atoms with E-state index in [9.17, 15) is 14.4 Å². The Kier molecular flexibility index (Phi) is 4.35. The number of fused-ring (bicyclic) bond motifs is 1. The van der Waals surface area contributed by atoms with Gasteiger partial charge in [-0.15, -0.1) is 0 Å². The highest BCUT2D eigenvalue weighted by Crippen LogP contribution is 2.34. The second kappa shape index (κ2) is 7.09. The van der Waals surface area contributed by atoms with Gasteiger partial charge in [0.15, 0.2) is 0 Å². The fraction of sp³-hybridized carbons (Fsp3) is 0.217. The quantitative estimate of drug-likeness (QED) is 0.500. The highest BCUT2D eigenvalue weighted by Gasteiger charge is 2.43. The predicted molar refractivity (Wildman–Crippen MR) is 116 cm³/mol. The standard InChI is InChI=1S/C23H21N5O3/c1-3-14-8-4-7-11-18(14)27-19(29)12-15(21(27)30)20-13(2)26-28(22(20)31)23-24-16-9-5-6-10-17(16)25-23/h4-11,15,26H,3,12H2,1-2H3,(H,24,25). The van der Waals surface area contributed by atoms with Crippen LogP contribution in [0.15, 0.2) is 53.3 Å². The lowest BCUT2D eigenvalue weighted by Crippen LogP contribution is -2.32. The fourth-order valence-corrected chi connectivity index (χ4v) is 4.30. The summed E-state index contributed by atoms with van der Waals surface area (Å²) in [5.74, 6) is -1.16. The monoisotopic (exact) mass is 415 g/mol. The third-order valence-corrected chi connectivity index (χ3v) is 5.81. The fourth-order valence-electron chi connectivity index (χ4n) is 4.30. The first-order valence-electron chi connectivity index (χ1n) is 10.2. The summed E-state index contributed by atoms with van der Waals surface area (Å²) >= 11 is 0. The minimum absolute atomic E-state index is 0.0368. The van der Waals surface area contributed by atoms with Gasteiger partial charge in [0.05, 0.1) is 28.2 Å². The van der Waals surface area contributed by atoms with Crippen molar-refractivity contribution in [1.29, 1.82) is 0 Å². The lowest BCUT2D eigenvalue weighted by Gasteiger charge is -2.18. The second-order valence-electron chi connectivity index (χ2n) is 7.67. The number of aromatic nitrogens is 4. The second-order valence-corrected chi connectivity index (χ2v) is 7.67. The summed E-state index contributed by atoms with van der Waals surface area (Å²) in [7, 11) is 0. The minimum atomic E-state index is -0.827. The van der Waals surface area contributed by atoms with Crippen molar-refractivity contribution < 1.29 is 9.59 Å². The van der Waals surface area contributed by atoms with Crippen LogP contribution in [0.1, 0.15) is 36.1 Å². The molecule has 2 amide bonds. The molecule has 1 aliphatic heterocycles. The number of aromatic amines is 2. The number of imidazole rings is 1. The van der Waals surface area contributed by atoms with E-state index in [1.54, 1.807) is 19.1 Å². The Balaban J connectivity index is 1.56. The number of rotatable bonds is 4. The Hall–Kier alpha value is -3.94. The maximum atomic E-state index is 13.3. The maximum Gasteiger partial charge on any atom is 0.278 e. The van der Waals surface area contributed by atoms with Crippen molar-refractivity contribution >= 4 is 28.5 Å². The lowest BCUT2D eigenvalue weighted by atomic mass is 9.98. The molecule has 1 fully saturated rings. The van der Waals surface area contributed by atoms with E-state index in [0.717, 1.165) is 16.6 Å². The van der Waals surface area contributed by atoms with Crippen LogP contribution in [-0.4, -0.2) is 31.6 Å². The van der Waals surface area contributed by atoms with E-state index in [0.29, 0.717) is 29.3 Å². The summed E-state index contributed by atoms with van der Waals surface area (Å²) < 4.78 is 1.30. The first kappa shape index (κ1) is 19.0. The van der Waals surface area contributed by atoms with E-state index in [-0.39, 0.29) is 23.8 Å². The van der Waals surface area contributed by atoms with E-state index in [1.165, 1.54) is 9.58 Å². The number of carbonyl (C=O) groups excluding carboxylic acids is 2. The molecule has 2 aromatic carbocycles. The van der Waals surface area contributed by atoms with Crippen LogP contribution in [0.3, 0.4) is 0 Å². The Morgan fingerprint density at radius 2 is 1.81 bits per heavy atom. The van der Waals surface area contributed by atoms with E-state index < -0.39 is 5.92 Å². The summed E-state index contributed by atoms with van der Waals surface area (Å²) in [6.45, 7) is 3.71. The summed E-state index contributed by atoms with van der Waals surface area (Å²) in [5, 5.41) is 3.01. The molecule has 0 aliphatic carbocycles. The lowest BCUT2D eigenvalue weighted by molar-refractivity contribution is -0.121. The minimum Gasteiger partial charge on any atom is -0.322 e. The number of carbonyl (C=O) groups is 2. The number of para-hydroxylation sites is 3. The summed E-state index contributed by atoms with van der Waals surface area (Å²) in [4.78, 5) is 48.2. The van der Waals surface area contributed by atoms with Gasteiger partial charge in [0, 0.05) is 12.1 Å². The number of nitrogens with zero attached hydrogens (tertiary/aromatic N) is 3. The van der Waals surface area contributed by atoms with Crippen LogP contribution >= 0.6 is 0 Å². The van der Waals surface area contributed by atoms with E-state index in [4.69, 9.17) is 0 Å². The van der Waals surface area contributed by atoms with Crippen LogP contribution in [0.25, 0.3) is 17.0 Å². The topological polar surface area (TPSA) is 104 Å². The summed E-state index contributed by atoms with van der Waals surface area (Å²) in [6, 6.07) is 14.8. The van der Waals surface area contributed by atoms with Gasteiger partial charge in [-0.3, -0.25) is 19.5 Å². The van der Waals surface area contributed by atoms with Crippen LogP contribution in [0.2, 0.25) is 0 Å². The van der Waals surface area contributed by atoms with Crippen LogP contribution in [0, 0.1) is 6.92 Å². The largest absolute Gasteiger partial charge is 0.322 e. The van der Waals surface area contributed by atoms with Gasteiger partial charge < -0.3 is 4.98 Å². The van der Waals surface area contributed by atoms with E-state index in [1.807, 2.05) is 43.3 Å². The molecule has 1 saturated heterocycles. The third kappa shape index (κ3) is 2.91. The van der Waals surface area contributed by atoms with Crippen LogP contribution in [0.4, 0.5) is 5.69 Å². The van der Waals surface area contributed by atoms with Crippen molar-refractivity contribution in [3.05, 3.63) is 75.7 Å². The SMILES string of the molecule is CCc1ccccc1N1C(=O)CC(c2c(C)[nH]n(-c3nc4ccccc4[nH]3)c2=O)C1=O. The number of hydrogen-bond acceptors (Lipinski definition) is 4. The maximum absolute atomic E-state index is 13.3. The summed E-state index contributed by atoms with van der Waals surface area (Å²) in [5.41, 5.74) is 3.50. The molecule has 8 heteroatoms. The number of nitrogens with one attached hydrogen (secondary N) is 2. The molecule has 0 radical (unpaired) electrons. The Bertz CT molecular complexity index is 1360. The number of aryl methyl sites for hydroxylation is 2. The van der Waals surface area contributed by atoms with Gasteiger partial charge in [0.25, 0.3) is 5.56 Å². The molecule has 1 unspecified atom stereocenters. The smallest absolute Gasteiger partial charge is 0.278 e. The third-order valence-electron chi connectivity index (χ3n) is 5.81. The van der Waals surface area contributed by atoms with Crippen molar-refractivity contribution in [3.8, 4) is 5.95 Å². The number of anilines is 1. The normalized spacial score (nSPS) is 16.6. The molecule has 0 bridgehead atoms. The average molecular weight is 415 g/mol. The molecular formula is C23H21N5O3. The Morgan fingerprint density at radius 1 is 1.06 bits per heavy atom. The van der Waals surface area contributed by atoms with Gasteiger partial charge in [0.1, 0.15) is 0 Å². The first-order valence-corrected chi connectivity index (χ1v) is 10.2. The van der Waals surface area contributed by atoms with Gasteiger partial charge in [0.2, 0.25) is 17.8 Å². The number of imide groups is 1. The van der Waals surface area contributed by atoms with Crippen molar-refractivity contribution in [1.82, 2.24) is 19.7 Å². The summed E-state index contributed by atoms with van der Waals surface area (Å²) in [6.07, 6.45) is 0.658. The van der Waals surface area contributed by atoms with E-state index in [2.05, 4.69) is 15.1 Å². The molecule has 0 saturated carbocycles. The Morgan fingerprint density at radius 3 is 2.58 bits per heavy atom. The van der Waals surface area contributed by atoms with Crippen molar-refractivity contribution in [2.75, 3.05) is 4.90 Å². The number of H-pyrrole nitrogens is 2. The zero-order valence-electron chi connectivity index (χ0n) is 17.2. The molecule has 5 rings (SSSR count). The van der Waals surface area contributed by atoms with Crippen molar-refractivity contribution in [3.63, 3.8) is 0 Å². The molecule has 8 nitrogen and oxygen atoms in total. The predicted octanol–water partition coefficient (Wildman–Crippen LogP) is 2.96. The van der Waals surface area contributed by atoms with Crippen LogP contribution in [0.5, 0.6) is 0 Å². The zero-order valence-corrected chi connectivity index (χ0v) is 17.2. The molecule has 1 atom stereocenters. The van der Waals surface area contributed by atoms with Crippen LogP contribution < -0.4 is 10.5 Å². The molecule has 1 aliphatic rings. The molecule has 3 heterocycles. The zero-order chi connectivity index (χ0) is 21.7. The first-order chi connectivity index (χ1) is 15.0. The van der Waals surface area contributed by atoms with Gasteiger partial charge in [-0.25, -0.2) is 9.88 Å². The van der Waals surface area contributed by atoms with E-state index >= 15 is 0 Å². The van der Waals surface area contributed by atoms with Crippen LogP contribution in [-0.2, 0) is 16.0 Å². The van der Waals surface area contributed by atoms with Crippen molar-refractivity contribution in [2.24, 2.45) is 0 Å². The Labute approximate surface area is 177 Å². The highest BCUT2D eigenvalue weighted by atomic mass is 16.2. The molecule has 31 heavy (non-hydrogen) atoms. The number of benzene rings is 2. The number of amides is 2. The van der Waals surface area contributed by atoms with Crippen molar-refractivity contribution in [2.45, 2.75) is 32.6 Å². The number of hydrogen-bond donors (Lipinski definition) is 2. The van der Waals surface area contributed by atoms with Gasteiger partial charge >= 0.3 is 0 Å². The van der Waals surface area contributed by atoms with Gasteiger partial charge in [-0.1, -0.05) is 37.3 Å². The highest BCUT2D eigenvalue weighted by molar-refractivity contribution is 6.23. The molecule has 156 valence electrons. The molecule has 2 aromatic heterocycles. The molecule has 2 N–H and O–H groups in total. The molecule has 0 spiro atoms. The van der Waals surface area contributed by atoms with Gasteiger partial charge in [-0.2, -0.15) is 4.68 Å². The van der Waals surface area contributed by atoms with Gasteiger partial charge in [-0.05, 0) is 37.1 Å². The molecular weight excluding hydrogens is 394 g/mol. The average Bonchev–Trinajstić information content (AvgIpc) is 3.41.